The van der Waals surface area contributed by atoms with Crippen molar-refractivity contribution in [2.24, 2.45) is 0 Å². The van der Waals surface area contributed by atoms with E-state index in [9.17, 15) is 53.5 Å². The highest BCUT2D eigenvalue weighted by Gasteiger charge is 2.28. The van der Waals surface area contributed by atoms with Crippen molar-refractivity contribution in [1.82, 2.24) is 0 Å². The van der Waals surface area contributed by atoms with Crippen LogP contribution in [0.2, 0.25) is 0 Å². The van der Waals surface area contributed by atoms with Crippen LogP contribution < -0.4 is 9.47 Å². The lowest BCUT2D eigenvalue weighted by molar-refractivity contribution is 0.0706. The van der Waals surface area contributed by atoms with Crippen LogP contribution in [0.1, 0.15) is 20.7 Å². The summed E-state index contributed by atoms with van der Waals surface area (Å²) >= 11 is 0. The molecule has 0 fully saturated rings. The average molecular weight is 598 g/mol. The zero-order valence-electron chi connectivity index (χ0n) is 20.0. The number of halogens is 10. The second-order valence-electron chi connectivity index (χ2n) is 8.54. The smallest absolute Gasteiger partial charge is 0.349 e. The summed E-state index contributed by atoms with van der Waals surface area (Å²) < 4.78 is 148. The molecular formula is C28H8F10O4. The number of carbonyl (C=O) groups is 2. The lowest BCUT2D eigenvalue weighted by Crippen LogP contribution is -2.16. The molecule has 214 valence electrons. The molecule has 0 aliphatic rings. The first kappa shape index (κ1) is 28.4. The molecule has 5 aromatic carbocycles. The molecule has 0 heterocycles. The summed E-state index contributed by atoms with van der Waals surface area (Å²) in [5.74, 6) is -24.4. The predicted molar refractivity (Wildman–Crippen MR) is 124 cm³/mol. The fourth-order valence-corrected chi connectivity index (χ4v) is 4.02. The van der Waals surface area contributed by atoms with Gasteiger partial charge in [-0.3, -0.25) is 0 Å². The molecule has 0 aromatic heterocycles. The van der Waals surface area contributed by atoms with Gasteiger partial charge in [0.15, 0.2) is 58.0 Å². The Bertz CT molecular complexity index is 1850. The topological polar surface area (TPSA) is 52.6 Å². The Balaban J connectivity index is 1.49. The summed E-state index contributed by atoms with van der Waals surface area (Å²) in [5, 5.41) is 0.0509. The monoisotopic (exact) mass is 598 g/mol. The molecule has 0 atom stereocenters. The zero-order valence-corrected chi connectivity index (χ0v) is 20.0. The number of carbonyl (C=O) groups excluding carboxylic acids is 2. The maximum absolute atomic E-state index is 14.9. The van der Waals surface area contributed by atoms with Crippen LogP contribution in [-0.4, -0.2) is 11.9 Å². The molecule has 4 nitrogen and oxygen atoms in total. The van der Waals surface area contributed by atoms with Gasteiger partial charge in [-0.15, -0.1) is 0 Å². The van der Waals surface area contributed by atoms with Gasteiger partial charge in [-0.25, -0.2) is 53.5 Å². The Labute approximate surface area is 226 Å². The van der Waals surface area contributed by atoms with Crippen molar-refractivity contribution in [3.63, 3.8) is 0 Å². The number of esters is 2. The fourth-order valence-electron chi connectivity index (χ4n) is 4.02. The summed E-state index contributed by atoms with van der Waals surface area (Å²) in [4.78, 5) is 24.5. The van der Waals surface area contributed by atoms with Gasteiger partial charge in [0.25, 0.3) is 0 Å². The first-order chi connectivity index (χ1) is 19.8. The first-order valence-corrected chi connectivity index (χ1v) is 11.2. The standard InChI is InChI=1S/C28H8F10O4/c29-13-5-11-9(3-19(13)41-27(39)21-15(31)7-17(33)23(35)25(21)37)1-2-10-4-20(14(30)6-12(10)11)42-28(40)22-16(32)8-18(34)24(36)26(22)38/h1-8H. The van der Waals surface area contributed by atoms with Gasteiger partial charge in [0.1, 0.15) is 22.8 Å². The van der Waals surface area contributed by atoms with E-state index in [4.69, 9.17) is 0 Å². The molecule has 5 rings (SSSR count). The van der Waals surface area contributed by atoms with Gasteiger partial charge < -0.3 is 9.47 Å². The summed E-state index contributed by atoms with van der Waals surface area (Å²) in [5.41, 5.74) is -3.25. The van der Waals surface area contributed by atoms with E-state index in [0.29, 0.717) is 0 Å². The normalized spacial score (nSPS) is 11.3. The Morgan fingerprint density at radius 1 is 0.429 bits per heavy atom. The number of hydrogen-bond acceptors (Lipinski definition) is 4. The second kappa shape index (κ2) is 10.4. The average Bonchev–Trinajstić information content (AvgIpc) is 2.91. The molecular weight excluding hydrogens is 590 g/mol. The van der Waals surface area contributed by atoms with Crippen molar-refractivity contribution >= 4 is 33.5 Å². The van der Waals surface area contributed by atoms with E-state index in [1.54, 1.807) is 0 Å². The number of hydrogen-bond donors (Lipinski definition) is 0. The quantitative estimate of drug-likeness (QED) is 0.0529. The van der Waals surface area contributed by atoms with Crippen LogP contribution in [0.5, 0.6) is 11.5 Å². The molecule has 0 N–H and O–H groups in total. The summed E-state index contributed by atoms with van der Waals surface area (Å²) in [6, 6.07) is 5.50. The van der Waals surface area contributed by atoms with Gasteiger partial charge in [-0.2, -0.15) is 0 Å². The minimum Gasteiger partial charge on any atom is -0.420 e. The summed E-state index contributed by atoms with van der Waals surface area (Å²) in [7, 11) is 0. The van der Waals surface area contributed by atoms with Crippen LogP contribution in [0.25, 0.3) is 21.5 Å². The molecule has 14 heteroatoms. The van der Waals surface area contributed by atoms with Crippen molar-refractivity contribution in [2.45, 2.75) is 0 Å². The van der Waals surface area contributed by atoms with Crippen LogP contribution in [0.15, 0.2) is 48.5 Å². The molecule has 0 aliphatic heterocycles. The van der Waals surface area contributed by atoms with Gasteiger partial charge in [-0.1, -0.05) is 12.1 Å². The van der Waals surface area contributed by atoms with E-state index in [0.717, 1.165) is 24.3 Å². The predicted octanol–water partition coefficient (Wildman–Crippen LogP) is 7.82. The Hall–Kier alpha value is -5.14. The Kier molecular flexibility index (Phi) is 7.00. The maximum atomic E-state index is 14.9. The Morgan fingerprint density at radius 2 is 0.786 bits per heavy atom. The van der Waals surface area contributed by atoms with Crippen molar-refractivity contribution < 1.29 is 63.0 Å². The lowest BCUT2D eigenvalue weighted by atomic mass is 10.0. The second-order valence-corrected chi connectivity index (χ2v) is 8.54. The third-order valence-electron chi connectivity index (χ3n) is 5.98. The highest BCUT2D eigenvalue weighted by atomic mass is 19.2. The molecule has 5 aromatic rings. The maximum Gasteiger partial charge on any atom is 0.349 e. The molecule has 0 radical (unpaired) electrons. The van der Waals surface area contributed by atoms with Crippen molar-refractivity contribution in [3.05, 3.63) is 118 Å². The van der Waals surface area contributed by atoms with E-state index in [-0.39, 0.29) is 33.7 Å². The van der Waals surface area contributed by atoms with E-state index in [1.807, 2.05) is 0 Å². The first-order valence-electron chi connectivity index (χ1n) is 11.2. The number of benzene rings is 5. The molecule has 0 amide bonds. The molecule has 0 saturated heterocycles. The van der Waals surface area contributed by atoms with Crippen molar-refractivity contribution in [3.8, 4) is 11.5 Å². The van der Waals surface area contributed by atoms with Crippen molar-refractivity contribution in [1.29, 1.82) is 0 Å². The van der Waals surface area contributed by atoms with Crippen LogP contribution in [0.4, 0.5) is 43.9 Å². The van der Waals surface area contributed by atoms with E-state index in [1.165, 1.54) is 12.1 Å². The van der Waals surface area contributed by atoms with Crippen LogP contribution in [0, 0.1) is 58.2 Å². The fraction of sp³-hybridized carbons (Fsp3) is 0. The van der Waals surface area contributed by atoms with Crippen molar-refractivity contribution in [2.75, 3.05) is 0 Å². The van der Waals surface area contributed by atoms with Gasteiger partial charge in [-0.05, 0) is 45.8 Å². The molecule has 0 saturated carbocycles. The van der Waals surface area contributed by atoms with E-state index in [2.05, 4.69) is 9.47 Å². The van der Waals surface area contributed by atoms with E-state index >= 15 is 0 Å². The summed E-state index contributed by atoms with van der Waals surface area (Å²) in [6.07, 6.45) is 0. The van der Waals surface area contributed by atoms with Crippen LogP contribution in [0.3, 0.4) is 0 Å². The van der Waals surface area contributed by atoms with Gasteiger partial charge in [0.05, 0.1) is 0 Å². The highest BCUT2D eigenvalue weighted by Crippen LogP contribution is 2.35. The molecule has 0 aliphatic carbocycles. The molecule has 0 bridgehead atoms. The third-order valence-corrected chi connectivity index (χ3v) is 5.98. The minimum absolute atomic E-state index is 0.0375. The Morgan fingerprint density at radius 3 is 1.14 bits per heavy atom. The van der Waals surface area contributed by atoms with Gasteiger partial charge in [0.2, 0.25) is 0 Å². The molecule has 0 unspecified atom stereocenters. The van der Waals surface area contributed by atoms with Crippen LogP contribution in [-0.2, 0) is 0 Å². The van der Waals surface area contributed by atoms with Gasteiger partial charge >= 0.3 is 11.9 Å². The lowest BCUT2D eigenvalue weighted by Gasteiger charge is -2.12. The summed E-state index contributed by atoms with van der Waals surface area (Å²) in [6.45, 7) is 0. The zero-order chi connectivity index (χ0) is 30.6. The van der Waals surface area contributed by atoms with E-state index < -0.39 is 92.7 Å². The SMILES string of the molecule is O=C(Oc1cc2ccc3cc(OC(=O)c4c(F)cc(F)c(F)c4F)c(F)cc3c2cc1F)c1c(F)cc(F)c(F)c1F. The number of ether oxygens (including phenoxy) is 2. The number of fused-ring (bicyclic) bond motifs is 3. The van der Waals surface area contributed by atoms with Crippen LogP contribution >= 0.6 is 0 Å². The number of rotatable bonds is 4. The molecule has 0 spiro atoms. The highest BCUT2D eigenvalue weighted by molar-refractivity contribution is 6.08. The van der Waals surface area contributed by atoms with Gasteiger partial charge in [0, 0.05) is 12.1 Å². The minimum atomic E-state index is -2.20. The third kappa shape index (κ3) is 4.74. The largest absolute Gasteiger partial charge is 0.420 e. The molecule has 42 heavy (non-hydrogen) atoms.